The van der Waals surface area contributed by atoms with E-state index >= 15 is 0 Å². The van der Waals surface area contributed by atoms with Crippen molar-refractivity contribution in [2.24, 2.45) is 0 Å². The maximum Gasteiger partial charge on any atom is 0.335 e. The van der Waals surface area contributed by atoms with Gasteiger partial charge in [0.1, 0.15) is 11.5 Å². The van der Waals surface area contributed by atoms with Gasteiger partial charge >= 0.3 is 5.97 Å². The Hall–Kier alpha value is -3.44. The molecule has 2 aromatic rings. The zero-order valence-electron chi connectivity index (χ0n) is 19.7. The monoisotopic (exact) mass is 518 g/mol. The Bertz CT molecular complexity index is 1110. The number of benzene rings is 2. The number of nitrogens with zero attached hydrogens (tertiary/aromatic N) is 1. The smallest absolute Gasteiger partial charge is 0.335 e. The van der Waals surface area contributed by atoms with Gasteiger partial charge in [0.05, 0.1) is 19.4 Å². The molecular weight excluding hydrogens is 491 g/mol. The summed E-state index contributed by atoms with van der Waals surface area (Å²) in [6.45, 7) is 5.54. The molecule has 0 fully saturated rings. The van der Waals surface area contributed by atoms with Gasteiger partial charge in [-0.05, 0) is 42.7 Å². The summed E-state index contributed by atoms with van der Waals surface area (Å²) in [7, 11) is 0. The number of ether oxygens (including phenoxy) is 1. The predicted octanol–water partition coefficient (Wildman–Crippen LogP) is 2.77. The number of nitrogens with one attached hydrogen (secondary N) is 3. The Morgan fingerprint density at radius 2 is 2.03 bits per heavy atom. The number of esters is 1. The number of hydrogen-bond donors (Lipinski definition) is 4. The van der Waals surface area contributed by atoms with E-state index in [-0.39, 0.29) is 31.8 Å². The zero-order valence-corrected chi connectivity index (χ0v) is 20.4. The summed E-state index contributed by atoms with van der Waals surface area (Å²) in [6.07, 6.45) is 1.74. The van der Waals surface area contributed by atoms with Crippen molar-refractivity contribution in [1.82, 2.24) is 21.4 Å². The molecule has 192 valence electrons. The number of hydroxylamine groups is 1. The number of amides is 1. The molecule has 0 spiro atoms. The van der Waals surface area contributed by atoms with Crippen molar-refractivity contribution in [2.75, 3.05) is 13.2 Å². The number of hydrazine groups is 2. The van der Waals surface area contributed by atoms with Gasteiger partial charge in [-0.2, -0.15) is 5.17 Å². The minimum atomic E-state index is -1.42. The summed E-state index contributed by atoms with van der Waals surface area (Å²) in [5, 5.41) is 14.8. The van der Waals surface area contributed by atoms with Crippen LogP contribution >= 0.6 is 11.6 Å². The fourth-order valence-electron chi connectivity index (χ4n) is 3.50. The van der Waals surface area contributed by atoms with Gasteiger partial charge < -0.3 is 15.2 Å². The normalized spacial score (nSPS) is 14.4. The molecule has 36 heavy (non-hydrogen) atoms. The maximum absolute atomic E-state index is 14.2. The van der Waals surface area contributed by atoms with Gasteiger partial charge in [-0.25, -0.2) is 9.18 Å². The third-order valence-corrected chi connectivity index (χ3v) is 5.44. The topological polar surface area (TPSA) is 112 Å². The van der Waals surface area contributed by atoms with Crippen molar-refractivity contribution in [2.45, 2.75) is 31.9 Å². The molecule has 1 heterocycles. The van der Waals surface area contributed by atoms with Crippen LogP contribution in [0.3, 0.4) is 0 Å². The molecule has 0 aliphatic carbocycles. The lowest BCUT2D eigenvalue weighted by Gasteiger charge is -2.21. The molecule has 2 aromatic carbocycles. The molecule has 4 N–H and O–H groups in total. The number of halogens is 2. The number of carbonyl (C=O) groups excluding carboxylic acids is 2. The third kappa shape index (κ3) is 7.53. The van der Waals surface area contributed by atoms with Gasteiger partial charge in [-0.15, -0.1) is 12.1 Å². The molecular formula is C25H28ClFN4O5. The Kier molecular flexibility index (Phi) is 9.83. The predicted molar refractivity (Wildman–Crippen MR) is 132 cm³/mol. The molecule has 1 aliphatic rings. The van der Waals surface area contributed by atoms with Crippen LogP contribution < -0.4 is 16.3 Å². The first kappa shape index (κ1) is 27.2. The van der Waals surface area contributed by atoms with Gasteiger partial charge in [-0.3, -0.25) is 15.1 Å². The van der Waals surface area contributed by atoms with Crippen LogP contribution in [0.15, 0.2) is 67.0 Å². The van der Waals surface area contributed by atoms with Crippen LogP contribution in [0.1, 0.15) is 18.9 Å². The van der Waals surface area contributed by atoms with Crippen molar-refractivity contribution >= 4 is 23.5 Å². The van der Waals surface area contributed by atoms with E-state index in [9.17, 15) is 19.1 Å². The Morgan fingerprint density at radius 3 is 2.72 bits per heavy atom. The van der Waals surface area contributed by atoms with E-state index in [0.29, 0.717) is 16.1 Å². The van der Waals surface area contributed by atoms with Crippen molar-refractivity contribution < 1.29 is 28.7 Å². The second-order valence-corrected chi connectivity index (χ2v) is 8.33. The van der Waals surface area contributed by atoms with Crippen LogP contribution in [0.5, 0.6) is 0 Å². The molecule has 2 atom stereocenters. The average Bonchev–Trinajstić information content (AvgIpc) is 3.34. The summed E-state index contributed by atoms with van der Waals surface area (Å²) in [5.74, 6) is -1.65. The standard InChI is InChI=1S/C25H28ClFN4O5/c1-3-11-36-31-15-22(29-30-31)24(33)28-19(14-23(32)25(34)35-4-2)12-16-5-7-17(8-6-16)20-13-18(26)9-10-21(20)27/h3,5-10,13,15,19,23,29-30,32H,1,4,11-12,14H2,2H3,(H,28,33)/t19-,23-/m1/s1. The molecule has 0 bridgehead atoms. The van der Waals surface area contributed by atoms with Gasteiger partial charge in [0.2, 0.25) is 0 Å². The summed E-state index contributed by atoms with van der Waals surface area (Å²) >= 11 is 6.00. The fourth-order valence-corrected chi connectivity index (χ4v) is 3.67. The fraction of sp³-hybridized carbons (Fsp3) is 0.280. The second-order valence-electron chi connectivity index (χ2n) is 7.89. The van der Waals surface area contributed by atoms with Gasteiger partial charge in [0.15, 0.2) is 6.10 Å². The molecule has 11 heteroatoms. The lowest BCUT2D eigenvalue weighted by molar-refractivity contribution is -0.153. The number of aliphatic hydroxyl groups is 1. The molecule has 0 radical (unpaired) electrons. The maximum atomic E-state index is 14.2. The highest BCUT2D eigenvalue weighted by Crippen LogP contribution is 2.26. The van der Waals surface area contributed by atoms with Crippen molar-refractivity contribution in [3.05, 3.63) is 83.4 Å². The third-order valence-electron chi connectivity index (χ3n) is 5.20. The first-order chi connectivity index (χ1) is 17.3. The van der Waals surface area contributed by atoms with Crippen LogP contribution in [0.4, 0.5) is 4.39 Å². The molecule has 1 aliphatic heterocycles. The highest BCUT2D eigenvalue weighted by atomic mass is 35.5. The van der Waals surface area contributed by atoms with Crippen LogP contribution in [-0.2, 0) is 25.6 Å². The van der Waals surface area contributed by atoms with Crippen LogP contribution in [0.25, 0.3) is 11.1 Å². The lowest BCUT2D eigenvalue weighted by atomic mass is 9.97. The largest absolute Gasteiger partial charge is 0.464 e. The molecule has 9 nitrogen and oxygen atoms in total. The van der Waals surface area contributed by atoms with Gasteiger partial charge in [0.25, 0.3) is 5.91 Å². The summed E-state index contributed by atoms with van der Waals surface area (Å²) in [6, 6.07) is 10.7. The van der Waals surface area contributed by atoms with E-state index in [0.717, 1.165) is 5.56 Å². The SMILES string of the molecule is C=CCON1C=C(C(=O)N[C@H](Cc2ccc(-c3cc(Cl)ccc3F)cc2)C[C@@H](O)C(=O)OCC)NN1. The minimum absolute atomic E-state index is 0.0768. The molecule has 0 unspecified atom stereocenters. The van der Waals surface area contributed by atoms with E-state index in [1.807, 2.05) is 0 Å². The lowest BCUT2D eigenvalue weighted by Crippen LogP contribution is -2.44. The number of aliphatic hydroxyl groups excluding tert-OH is 1. The first-order valence-corrected chi connectivity index (χ1v) is 11.6. The van der Waals surface area contributed by atoms with E-state index in [2.05, 4.69) is 22.9 Å². The highest BCUT2D eigenvalue weighted by molar-refractivity contribution is 6.30. The van der Waals surface area contributed by atoms with Crippen LogP contribution in [0.2, 0.25) is 5.02 Å². The zero-order chi connectivity index (χ0) is 26.1. The summed E-state index contributed by atoms with van der Waals surface area (Å²) < 4.78 is 19.1. The quantitative estimate of drug-likeness (QED) is 0.251. The van der Waals surface area contributed by atoms with E-state index in [1.54, 1.807) is 43.3 Å². The Balaban J connectivity index is 1.73. The molecule has 0 saturated heterocycles. The van der Waals surface area contributed by atoms with Gasteiger partial charge in [-0.1, -0.05) is 41.9 Å². The molecule has 0 aromatic heterocycles. The van der Waals surface area contributed by atoms with E-state index in [4.69, 9.17) is 21.2 Å². The Morgan fingerprint density at radius 1 is 1.28 bits per heavy atom. The number of hydrogen-bond acceptors (Lipinski definition) is 8. The minimum Gasteiger partial charge on any atom is -0.464 e. The van der Waals surface area contributed by atoms with Gasteiger partial charge in [0, 0.05) is 23.0 Å². The molecule has 0 saturated carbocycles. The summed E-state index contributed by atoms with van der Waals surface area (Å²) in [5.41, 5.74) is 7.30. The average molecular weight is 519 g/mol. The van der Waals surface area contributed by atoms with Crippen LogP contribution in [-0.4, -0.2) is 47.5 Å². The number of carbonyl (C=O) groups is 2. The molecule has 3 rings (SSSR count). The molecule has 1 amide bonds. The van der Waals surface area contributed by atoms with Crippen molar-refractivity contribution in [3.63, 3.8) is 0 Å². The summed E-state index contributed by atoms with van der Waals surface area (Å²) in [4.78, 5) is 30.1. The van der Waals surface area contributed by atoms with Crippen LogP contribution in [0, 0.1) is 5.82 Å². The van der Waals surface area contributed by atoms with E-state index in [1.165, 1.54) is 23.5 Å². The highest BCUT2D eigenvalue weighted by Gasteiger charge is 2.26. The van der Waals surface area contributed by atoms with E-state index < -0.39 is 29.8 Å². The Labute approximate surface area is 213 Å². The number of rotatable bonds is 12. The van der Waals surface area contributed by atoms with Crippen molar-refractivity contribution in [3.8, 4) is 11.1 Å². The van der Waals surface area contributed by atoms with Crippen molar-refractivity contribution in [1.29, 1.82) is 0 Å². The second kappa shape index (κ2) is 13.0. The first-order valence-electron chi connectivity index (χ1n) is 11.3.